The summed E-state index contributed by atoms with van der Waals surface area (Å²) >= 11 is 0. The summed E-state index contributed by atoms with van der Waals surface area (Å²) in [5, 5.41) is 10.5. The molecule has 1 aromatic heterocycles. The predicted octanol–water partition coefficient (Wildman–Crippen LogP) is 1.79. The summed E-state index contributed by atoms with van der Waals surface area (Å²) < 4.78 is 2.01. The number of carbonyl (C=O) groups excluding carboxylic acids is 1. The first-order valence-corrected chi connectivity index (χ1v) is 6.46. The third-order valence-corrected chi connectivity index (χ3v) is 3.27. The van der Waals surface area contributed by atoms with Crippen molar-refractivity contribution in [2.45, 2.75) is 26.5 Å². The number of amides is 1. The number of para-hydroxylation sites is 1. The van der Waals surface area contributed by atoms with Crippen LogP contribution in [0.4, 0.5) is 0 Å². The highest BCUT2D eigenvalue weighted by atomic mass is 16.3. The van der Waals surface area contributed by atoms with Crippen LogP contribution in [-0.4, -0.2) is 40.2 Å². The molecule has 102 valence electrons. The average molecular weight is 260 g/mol. The molecule has 1 unspecified atom stereocenters. The van der Waals surface area contributed by atoms with Gasteiger partial charge in [0.05, 0.1) is 6.10 Å². The number of hydrogen-bond donors (Lipinski definition) is 1. The first-order chi connectivity index (χ1) is 8.99. The molecular weight excluding hydrogens is 240 g/mol. The molecule has 19 heavy (non-hydrogen) atoms. The van der Waals surface area contributed by atoms with Gasteiger partial charge in [0.1, 0.15) is 6.54 Å². The van der Waals surface area contributed by atoms with Gasteiger partial charge in [0.2, 0.25) is 5.91 Å². The minimum Gasteiger partial charge on any atom is -0.392 e. The number of fused-ring (bicyclic) bond motifs is 1. The number of aliphatic hydroxyl groups is 1. The smallest absolute Gasteiger partial charge is 0.242 e. The van der Waals surface area contributed by atoms with Crippen LogP contribution in [0.3, 0.4) is 0 Å². The van der Waals surface area contributed by atoms with Crippen LogP contribution in [0.25, 0.3) is 10.9 Å². The van der Waals surface area contributed by atoms with Crippen molar-refractivity contribution in [1.82, 2.24) is 9.47 Å². The van der Waals surface area contributed by atoms with Crippen molar-refractivity contribution in [3.63, 3.8) is 0 Å². The number of likely N-dealkylation sites (N-methyl/N-ethyl adjacent to an activating group) is 1. The van der Waals surface area contributed by atoms with Gasteiger partial charge in [-0.15, -0.1) is 0 Å². The number of aliphatic hydroxyl groups excluding tert-OH is 1. The van der Waals surface area contributed by atoms with Gasteiger partial charge in [-0.05, 0) is 31.4 Å². The average Bonchev–Trinajstić information content (AvgIpc) is 2.65. The van der Waals surface area contributed by atoms with Crippen LogP contribution >= 0.6 is 0 Å². The van der Waals surface area contributed by atoms with E-state index in [9.17, 15) is 9.90 Å². The molecule has 0 spiro atoms. The quantitative estimate of drug-likeness (QED) is 0.911. The fraction of sp³-hybridized carbons (Fsp3) is 0.400. The van der Waals surface area contributed by atoms with E-state index in [2.05, 4.69) is 6.07 Å². The van der Waals surface area contributed by atoms with Crippen molar-refractivity contribution in [1.29, 1.82) is 0 Å². The number of nitrogens with zero attached hydrogens (tertiary/aromatic N) is 2. The summed E-state index contributed by atoms with van der Waals surface area (Å²) in [6.07, 6.45) is -0.503. The number of benzene rings is 1. The third kappa shape index (κ3) is 2.96. The lowest BCUT2D eigenvalue weighted by atomic mass is 10.2. The number of rotatable bonds is 4. The first kappa shape index (κ1) is 13.6. The molecule has 0 radical (unpaired) electrons. The maximum absolute atomic E-state index is 12.1. The van der Waals surface area contributed by atoms with Crippen molar-refractivity contribution >= 4 is 16.8 Å². The van der Waals surface area contributed by atoms with E-state index in [0.717, 1.165) is 16.6 Å². The molecular formula is C15H20N2O2. The van der Waals surface area contributed by atoms with Crippen molar-refractivity contribution < 1.29 is 9.90 Å². The van der Waals surface area contributed by atoms with Gasteiger partial charge in [-0.3, -0.25) is 4.79 Å². The monoisotopic (exact) mass is 260 g/mol. The Morgan fingerprint density at radius 3 is 2.79 bits per heavy atom. The minimum absolute atomic E-state index is 0.00496. The molecule has 1 amide bonds. The number of aryl methyl sites for hydroxylation is 1. The summed E-state index contributed by atoms with van der Waals surface area (Å²) in [5.41, 5.74) is 2.14. The van der Waals surface area contributed by atoms with E-state index < -0.39 is 6.10 Å². The van der Waals surface area contributed by atoms with Gasteiger partial charge >= 0.3 is 0 Å². The lowest BCUT2D eigenvalue weighted by Crippen LogP contribution is -2.35. The molecule has 1 aromatic carbocycles. The van der Waals surface area contributed by atoms with E-state index in [1.165, 1.54) is 0 Å². The molecule has 2 aromatic rings. The van der Waals surface area contributed by atoms with Gasteiger partial charge < -0.3 is 14.6 Å². The zero-order valence-corrected chi connectivity index (χ0v) is 11.6. The molecule has 0 aliphatic carbocycles. The highest BCUT2D eigenvalue weighted by Gasteiger charge is 2.14. The topological polar surface area (TPSA) is 45.5 Å². The molecule has 1 atom stereocenters. The second-order valence-corrected chi connectivity index (χ2v) is 5.05. The second-order valence-electron chi connectivity index (χ2n) is 5.05. The van der Waals surface area contributed by atoms with Crippen LogP contribution in [0, 0.1) is 6.92 Å². The Bertz CT molecular complexity index is 587. The molecule has 0 fully saturated rings. The molecule has 2 rings (SSSR count). The number of carbonyl (C=O) groups is 1. The van der Waals surface area contributed by atoms with E-state index in [1.54, 1.807) is 18.9 Å². The number of hydrogen-bond acceptors (Lipinski definition) is 2. The third-order valence-electron chi connectivity index (χ3n) is 3.27. The van der Waals surface area contributed by atoms with Gasteiger partial charge in [0.15, 0.2) is 0 Å². The van der Waals surface area contributed by atoms with Gasteiger partial charge in [-0.25, -0.2) is 0 Å². The molecule has 0 aliphatic heterocycles. The van der Waals surface area contributed by atoms with E-state index in [-0.39, 0.29) is 5.91 Å². The van der Waals surface area contributed by atoms with Gasteiger partial charge in [0, 0.05) is 24.8 Å². The summed E-state index contributed by atoms with van der Waals surface area (Å²) in [7, 11) is 1.72. The summed E-state index contributed by atoms with van der Waals surface area (Å²) in [4.78, 5) is 13.7. The van der Waals surface area contributed by atoms with Gasteiger partial charge in [-0.1, -0.05) is 18.2 Å². The number of aromatic nitrogens is 1. The standard InChI is InChI=1S/C15H20N2O2/c1-11-8-13-6-4-5-7-14(13)17(11)10-15(19)16(3)9-12(2)18/h4-8,12,18H,9-10H2,1-3H3. The fourth-order valence-corrected chi connectivity index (χ4v) is 2.31. The van der Waals surface area contributed by atoms with Crippen molar-refractivity contribution in [2.75, 3.05) is 13.6 Å². The molecule has 4 nitrogen and oxygen atoms in total. The zero-order valence-electron chi connectivity index (χ0n) is 11.6. The Hall–Kier alpha value is -1.81. The summed E-state index contributed by atoms with van der Waals surface area (Å²) in [6, 6.07) is 10.1. The molecule has 4 heteroatoms. The van der Waals surface area contributed by atoms with E-state index in [4.69, 9.17) is 0 Å². The van der Waals surface area contributed by atoms with Gasteiger partial charge in [0.25, 0.3) is 0 Å². The summed E-state index contributed by atoms with van der Waals surface area (Å²) in [6.45, 7) is 4.35. The Morgan fingerprint density at radius 1 is 1.42 bits per heavy atom. The second kappa shape index (κ2) is 5.45. The maximum atomic E-state index is 12.1. The molecule has 0 saturated carbocycles. The molecule has 0 aliphatic rings. The highest BCUT2D eigenvalue weighted by molar-refractivity contribution is 5.84. The SMILES string of the molecule is Cc1cc2ccccc2n1CC(=O)N(C)CC(C)O. The van der Waals surface area contributed by atoms with Crippen LogP contribution in [0.5, 0.6) is 0 Å². The van der Waals surface area contributed by atoms with Crippen molar-refractivity contribution in [3.8, 4) is 0 Å². The van der Waals surface area contributed by atoms with Crippen molar-refractivity contribution in [3.05, 3.63) is 36.0 Å². The van der Waals surface area contributed by atoms with E-state index in [1.807, 2.05) is 35.8 Å². The summed E-state index contributed by atoms with van der Waals surface area (Å²) in [5.74, 6) is 0.00496. The van der Waals surface area contributed by atoms with Crippen LogP contribution in [0.15, 0.2) is 30.3 Å². The largest absolute Gasteiger partial charge is 0.392 e. The Balaban J connectivity index is 2.21. The van der Waals surface area contributed by atoms with Crippen LogP contribution in [-0.2, 0) is 11.3 Å². The van der Waals surface area contributed by atoms with Crippen LogP contribution in [0.1, 0.15) is 12.6 Å². The molecule has 0 bridgehead atoms. The highest BCUT2D eigenvalue weighted by Crippen LogP contribution is 2.19. The zero-order chi connectivity index (χ0) is 14.0. The maximum Gasteiger partial charge on any atom is 0.242 e. The van der Waals surface area contributed by atoms with Gasteiger partial charge in [-0.2, -0.15) is 0 Å². The first-order valence-electron chi connectivity index (χ1n) is 6.46. The lowest BCUT2D eigenvalue weighted by molar-refractivity contribution is -0.131. The van der Waals surface area contributed by atoms with Crippen LogP contribution < -0.4 is 0 Å². The minimum atomic E-state index is -0.503. The Labute approximate surface area is 113 Å². The molecule has 0 saturated heterocycles. The van der Waals surface area contributed by atoms with Crippen molar-refractivity contribution in [2.24, 2.45) is 0 Å². The Morgan fingerprint density at radius 2 is 2.11 bits per heavy atom. The fourth-order valence-electron chi connectivity index (χ4n) is 2.31. The Kier molecular flexibility index (Phi) is 3.90. The molecule has 1 N–H and O–H groups in total. The van der Waals surface area contributed by atoms with E-state index in [0.29, 0.717) is 13.1 Å². The molecule has 1 heterocycles. The van der Waals surface area contributed by atoms with Crippen LogP contribution in [0.2, 0.25) is 0 Å². The normalized spacial score (nSPS) is 12.6. The predicted molar refractivity (Wildman–Crippen MR) is 76.0 cm³/mol. The lowest BCUT2D eigenvalue weighted by Gasteiger charge is -2.20. The van der Waals surface area contributed by atoms with E-state index >= 15 is 0 Å².